The van der Waals surface area contributed by atoms with Crippen LogP contribution in [0.4, 0.5) is 0 Å². The van der Waals surface area contributed by atoms with Gasteiger partial charge < -0.3 is 14.0 Å². The highest BCUT2D eigenvalue weighted by atomic mass is 16.5. The van der Waals surface area contributed by atoms with E-state index in [9.17, 15) is 5.26 Å². The Morgan fingerprint density at radius 1 is 1.31 bits per heavy atom. The van der Waals surface area contributed by atoms with Crippen LogP contribution in [0.5, 0.6) is 11.5 Å². The predicted octanol–water partition coefficient (Wildman–Crippen LogP) is 4.27. The number of nitrogens with zero attached hydrogens (tertiary/aromatic N) is 4. The molecule has 0 radical (unpaired) electrons. The minimum Gasteiger partial charge on any atom is -0.493 e. The fourth-order valence-electron chi connectivity index (χ4n) is 3.55. The van der Waals surface area contributed by atoms with Gasteiger partial charge in [-0.3, -0.25) is 0 Å². The van der Waals surface area contributed by atoms with Crippen molar-refractivity contribution in [2.45, 2.75) is 26.4 Å². The Morgan fingerprint density at radius 3 is 2.83 bits per heavy atom. The zero-order valence-electron chi connectivity index (χ0n) is 16.7. The largest absolute Gasteiger partial charge is 0.493 e. The molecule has 1 aliphatic heterocycles. The first-order valence-corrected chi connectivity index (χ1v) is 9.64. The summed E-state index contributed by atoms with van der Waals surface area (Å²) in [5.41, 5.74) is 3.28. The van der Waals surface area contributed by atoms with Crippen molar-refractivity contribution in [2.75, 3.05) is 6.61 Å². The van der Waals surface area contributed by atoms with E-state index in [1.54, 1.807) is 6.08 Å². The fraction of sp³-hybridized carbons (Fsp3) is 0.261. The van der Waals surface area contributed by atoms with Crippen LogP contribution < -0.4 is 9.47 Å². The molecule has 6 heteroatoms. The van der Waals surface area contributed by atoms with Crippen LogP contribution in [0.2, 0.25) is 0 Å². The number of rotatable bonds is 5. The summed E-state index contributed by atoms with van der Waals surface area (Å²) < 4.78 is 13.5. The monoisotopic (exact) mass is 386 g/mol. The van der Waals surface area contributed by atoms with Crippen LogP contribution >= 0.6 is 0 Å². The van der Waals surface area contributed by atoms with Gasteiger partial charge in [-0.15, -0.1) is 10.2 Å². The first kappa shape index (κ1) is 18.8. The molecule has 1 aliphatic rings. The Kier molecular flexibility index (Phi) is 5.05. The van der Waals surface area contributed by atoms with Crippen molar-refractivity contribution in [3.05, 3.63) is 59.4 Å². The van der Waals surface area contributed by atoms with E-state index in [1.807, 2.05) is 67.9 Å². The van der Waals surface area contributed by atoms with Crippen LogP contribution in [0.1, 0.15) is 30.8 Å². The van der Waals surface area contributed by atoms with E-state index in [2.05, 4.69) is 16.3 Å². The van der Waals surface area contributed by atoms with Gasteiger partial charge in [0.25, 0.3) is 0 Å². The molecule has 0 fully saturated rings. The molecule has 2 heterocycles. The second-order valence-corrected chi connectivity index (χ2v) is 7.01. The molecule has 3 aromatic rings. The van der Waals surface area contributed by atoms with E-state index in [0.717, 1.165) is 34.6 Å². The van der Waals surface area contributed by atoms with Gasteiger partial charge in [0.2, 0.25) is 0 Å². The lowest BCUT2D eigenvalue weighted by molar-refractivity contribution is 0.254. The molecule has 1 unspecified atom stereocenters. The maximum atomic E-state index is 9.83. The number of allylic oxidation sites excluding steroid dienone is 1. The minimum atomic E-state index is 0.140. The average molecular weight is 386 g/mol. The number of hydrogen-bond donors (Lipinski definition) is 0. The summed E-state index contributed by atoms with van der Waals surface area (Å²) in [5, 5.41) is 18.4. The van der Waals surface area contributed by atoms with Crippen molar-refractivity contribution < 1.29 is 9.47 Å². The quantitative estimate of drug-likeness (QED) is 0.612. The Labute approximate surface area is 170 Å². The summed E-state index contributed by atoms with van der Waals surface area (Å²) in [6.45, 7) is 4.53. The van der Waals surface area contributed by atoms with Gasteiger partial charge in [0.1, 0.15) is 23.7 Å². The minimum absolute atomic E-state index is 0.140. The standard InChI is InChI=1S/C23H22N4O2/c1-4-28-20-12-17-10-15(2)29-21(17)13-18(20)11-19(14-24)23-26-25-22(27(23)3)16-8-6-5-7-9-16/h5-9,11-13,15H,4,10H2,1-3H3/b19-11+. The first-order valence-electron chi connectivity index (χ1n) is 9.64. The van der Waals surface area contributed by atoms with Crippen molar-refractivity contribution in [2.24, 2.45) is 7.05 Å². The number of nitriles is 1. The molecule has 0 saturated heterocycles. The van der Waals surface area contributed by atoms with E-state index in [0.29, 0.717) is 23.8 Å². The van der Waals surface area contributed by atoms with Crippen molar-refractivity contribution in [1.29, 1.82) is 5.26 Å². The van der Waals surface area contributed by atoms with E-state index in [-0.39, 0.29) is 6.10 Å². The summed E-state index contributed by atoms with van der Waals surface area (Å²) in [5.74, 6) is 2.79. The lowest BCUT2D eigenvalue weighted by Crippen LogP contribution is -2.05. The van der Waals surface area contributed by atoms with Crippen molar-refractivity contribution >= 4 is 11.6 Å². The summed E-state index contributed by atoms with van der Waals surface area (Å²) >= 11 is 0. The molecule has 0 aliphatic carbocycles. The lowest BCUT2D eigenvalue weighted by Gasteiger charge is -2.10. The molecule has 0 amide bonds. The number of hydrogen-bond acceptors (Lipinski definition) is 5. The van der Waals surface area contributed by atoms with Gasteiger partial charge in [0.05, 0.1) is 12.2 Å². The smallest absolute Gasteiger partial charge is 0.174 e. The van der Waals surface area contributed by atoms with Crippen LogP contribution in [0, 0.1) is 11.3 Å². The molecule has 0 N–H and O–H groups in total. The van der Waals surface area contributed by atoms with E-state index in [1.165, 1.54) is 0 Å². The molecule has 1 atom stereocenters. The topological polar surface area (TPSA) is 73.0 Å². The maximum absolute atomic E-state index is 9.83. The summed E-state index contributed by atoms with van der Waals surface area (Å²) in [7, 11) is 1.86. The van der Waals surface area contributed by atoms with Crippen LogP contribution in [0.15, 0.2) is 42.5 Å². The SMILES string of the molecule is CCOc1cc2c(cc1/C=C(\C#N)c1nnc(-c3ccccc3)n1C)OC(C)C2. The van der Waals surface area contributed by atoms with E-state index >= 15 is 0 Å². The van der Waals surface area contributed by atoms with Gasteiger partial charge in [-0.2, -0.15) is 5.26 Å². The van der Waals surface area contributed by atoms with Crippen LogP contribution in [0.25, 0.3) is 23.0 Å². The zero-order valence-corrected chi connectivity index (χ0v) is 16.7. The molecule has 1 aromatic heterocycles. The fourth-order valence-corrected chi connectivity index (χ4v) is 3.55. The number of benzene rings is 2. The normalized spacial score (nSPS) is 15.5. The maximum Gasteiger partial charge on any atom is 0.174 e. The van der Waals surface area contributed by atoms with Gasteiger partial charge in [0.15, 0.2) is 11.6 Å². The third-order valence-electron chi connectivity index (χ3n) is 4.90. The Morgan fingerprint density at radius 2 is 2.10 bits per heavy atom. The summed E-state index contributed by atoms with van der Waals surface area (Å²) in [6, 6.07) is 16.0. The summed E-state index contributed by atoms with van der Waals surface area (Å²) in [6.07, 6.45) is 2.78. The molecule has 2 aromatic carbocycles. The van der Waals surface area contributed by atoms with Crippen molar-refractivity contribution in [1.82, 2.24) is 14.8 Å². The Balaban J connectivity index is 1.77. The van der Waals surface area contributed by atoms with Crippen LogP contribution in [0.3, 0.4) is 0 Å². The van der Waals surface area contributed by atoms with Gasteiger partial charge in [0, 0.05) is 30.2 Å². The highest BCUT2D eigenvalue weighted by Gasteiger charge is 2.22. The first-order chi connectivity index (χ1) is 14.1. The molecule has 6 nitrogen and oxygen atoms in total. The highest BCUT2D eigenvalue weighted by Crippen LogP contribution is 2.36. The summed E-state index contributed by atoms with van der Waals surface area (Å²) in [4.78, 5) is 0. The Bertz CT molecular complexity index is 1110. The molecule has 29 heavy (non-hydrogen) atoms. The lowest BCUT2D eigenvalue weighted by atomic mass is 10.0. The molecule has 146 valence electrons. The van der Waals surface area contributed by atoms with Crippen molar-refractivity contribution in [3.8, 4) is 29.0 Å². The van der Waals surface area contributed by atoms with Gasteiger partial charge in [-0.25, -0.2) is 0 Å². The zero-order chi connectivity index (χ0) is 20.4. The van der Waals surface area contributed by atoms with Crippen molar-refractivity contribution in [3.63, 3.8) is 0 Å². The number of ether oxygens (including phenoxy) is 2. The number of aromatic nitrogens is 3. The number of fused-ring (bicyclic) bond motifs is 1. The third kappa shape index (κ3) is 3.59. The van der Waals surface area contributed by atoms with Crippen LogP contribution in [-0.4, -0.2) is 27.5 Å². The molecule has 4 rings (SSSR count). The van der Waals surface area contributed by atoms with Gasteiger partial charge in [-0.05, 0) is 32.1 Å². The highest BCUT2D eigenvalue weighted by molar-refractivity contribution is 5.89. The average Bonchev–Trinajstić information content (AvgIpc) is 3.28. The molecule has 0 spiro atoms. The molecular weight excluding hydrogens is 364 g/mol. The second-order valence-electron chi connectivity index (χ2n) is 7.01. The molecular formula is C23H22N4O2. The van der Waals surface area contributed by atoms with Crippen LogP contribution in [-0.2, 0) is 13.5 Å². The second kappa shape index (κ2) is 7.80. The Hall–Kier alpha value is -3.59. The third-order valence-corrected chi connectivity index (χ3v) is 4.90. The molecule has 0 saturated carbocycles. The van der Waals surface area contributed by atoms with Gasteiger partial charge >= 0.3 is 0 Å². The van der Waals surface area contributed by atoms with E-state index in [4.69, 9.17) is 9.47 Å². The molecule has 0 bridgehead atoms. The predicted molar refractivity (Wildman–Crippen MR) is 111 cm³/mol. The van der Waals surface area contributed by atoms with Gasteiger partial charge in [-0.1, -0.05) is 30.3 Å². The van der Waals surface area contributed by atoms with E-state index < -0.39 is 0 Å².